The molecule has 0 aliphatic carbocycles. The minimum atomic E-state index is -0.0944. The van der Waals surface area contributed by atoms with E-state index in [2.05, 4.69) is 22.2 Å². The minimum Gasteiger partial charge on any atom is -0.350 e. The molecule has 0 bridgehead atoms. The average molecular weight is 348 g/mol. The second-order valence-corrected chi connectivity index (χ2v) is 6.83. The molecule has 0 saturated heterocycles. The van der Waals surface area contributed by atoms with Crippen LogP contribution in [-0.2, 0) is 6.42 Å². The van der Waals surface area contributed by atoms with Crippen LogP contribution in [0.25, 0.3) is 22.2 Å². The van der Waals surface area contributed by atoms with Crippen molar-refractivity contribution in [3.8, 4) is 11.3 Å². The number of carbonyl (C=O) groups excluding carboxylic acids is 1. The molecule has 0 aliphatic rings. The molecule has 3 aromatic rings. The normalized spacial score (nSPS) is 11.2. The fourth-order valence-corrected chi connectivity index (χ4v) is 2.87. The molecule has 1 aromatic carbocycles. The van der Waals surface area contributed by atoms with Gasteiger partial charge in [-0.25, -0.2) is 15.0 Å². The maximum absolute atomic E-state index is 12.8. The highest BCUT2D eigenvalue weighted by Gasteiger charge is 2.17. The van der Waals surface area contributed by atoms with Crippen molar-refractivity contribution in [1.29, 1.82) is 0 Å². The Balaban J connectivity index is 2.23. The zero-order valence-corrected chi connectivity index (χ0v) is 15.9. The van der Waals surface area contributed by atoms with Crippen LogP contribution in [-0.4, -0.2) is 26.9 Å². The van der Waals surface area contributed by atoms with Gasteiger partial charge in [0.1, 0.15) is 5.82 Å². The molecule has 1 amide bonds. The number of rotatable bonds is 4. The fourth-order valence-electron chi connectivity index (χ4n) is 2.87. The van der Waals surface area contributed by atoms with Crippen LogP contribution in [0.2, 0.25) is 0 Å². The molecule has 1 N–H and O–H groups in total. The van der Waals surface area contributed by atoms with Crippen molar-refractivity contribution >= 4 is 16.8 Å². The van der Waals surface area contributed by atoms with E-state index < -0.39 is 0 Å². The lowest BCUT2D eigenvalue weighted by atomic mass is 9.99. The third-order valence-corrected chi connectivity index (χ3v) is 4.49. The number of nitrogens with one attached hydrogen (secondary N) is 1. The summed E-state index contributed by atoms with van der Waals surface area (Å²) in [6.45, 7) is 10.0. The first-order chi connectivity index (χ1) is 12.4. The van der Waals surface area contributed by atoms with E-state index in [4.69, 9.17) is 4.98 Å². The Morgan fingerprint density at radius 1 is 1.15 bits per heavy atom. The van der Waals surface area contributed by atoms with Crippen LogP contribution in [0.3, 0.4) is 0 Å². The first-order valence-corrected chi connectivity index (χ1v) is 8.93. The van der Waals surface area contributed by atoms with Gasteiger partial charge in [-0.1, -0.05) is 19.1 Å². The summed E-state index contributed by atoms with van der Waals surface area (Å²) in [4.78, 5) is 26.3. The zero-order valence-electron chi connectivity index (χ0n) is 15.9. The van der Waals surface area contributed by atoms with E-state index in [9.17, 15) is 4.79 Å². The predicted molar refractivity (Wildman–Crippen MR) is 104 cm³/mol. The van der Waals surface area contributed by atoms with Crippen molar-refractivity contribution in [2.75, 3.05) is 0 Å². The van der Waals surface area contributed by atoms with Gasteiger partial charge in [-0.3, -0.25) is 4.79 Å². The van der Waals surface area contributed by atoms with Crippen LogP contribution in [0, 0.1) is 13.8 Å². The lowest BCUT2D eigenvalue weighted by Gasteiger charge is -2.14. The third-order valence-electron chi connectivity index (χ3n) is 4.49. The Bertz CT molecular complexity index is 962. The maximum atomic E-state index is 12.8. The largest absolute Gasteiger partial charge is 0.350 e. The van der Waals surface area contributed by atoms with Gasteiger partial charge in [0.05, 0.1) is 16.8 Å². The van der Waals surface area contributed by atoms with Gasteiger partial charge in [-0.2, -0.15) is 0 Å². The van der Waals surface area contributed by atoms with E-state index in [1.54, 1.807) is 12.4 Å². The molecular weight excluding hydrogens is 324 g/mol. The molecule has 0 spiro atoms. The summed E-state index contributed by atoms with van der Waals surface area (Å²) in [5, 5.41) is 3.85. The molecule has 26 heavy (non-hydrogen) atoms. The molecule has 2 heterocycles. The molecule has 5 nitrogen and oxygen atoms in total. The molecule has 0 saturated carbocycles. The van der Waals surface area contributed by atoms with Crippen LogP contribution < -0.4 is 5.32 Å². The lowest BCUT2D eigenvalue weighted by Crippen LogP contribution is -2.30. The van der Waals surface area contributed by atoms with E-state index in [0.717, 1.165) is 39.8 Å². The number of benzene rings is 1. The van der Waals surface area contributed by atoms with Crippen LogP contribution in [0.5, 0.6) is 0 Å². The van der Waals surface area contributed by atoms with Gasteiger partial charge in [-0.15, -0.1) is 0 Å². The summed E-state index contributed by atoms with van der Waals surface area (Å²) in [6, 6.07) is 5.90. The summed E-state index contributed by atoms with van der Waals surface area (Å²) in [7, 11) is 0. The number of aryl methyl sites for hydroxylation is 3. The maximum Gasteiger partial charge on any atom is 0.252 e. The number of hydrogen-bond donors (Lipinski definition) is 1. The number of aromatic nitrogens is 3. The van der Waals surface area contributed by atoms with Gasteiger partial charge in [0, 0.05) is 35.8 Å². The summed E-state index contributed by atoms with van der Waals surface area (Å²) in [6.07, 6.45) is 4.33. The monoisotopic (exact) mass is 348 g/mol. The minimum absolute atomic E-state index is 0.0629. The van der Waals surface area contributed by atoms with Gasteiger partial charge in [-0.05, 0) is 44.9 Å². The second kappa shape index (κ2) is 7.20. The highest BCUT2D eigenvalue weighted by atomic mass is 16.1. The van der Waals surface area contributed by atoms with Crippen molar-refractivity contribution in [2.24, 2.45) is 0 Å². The summed E-state index contributed by atoms with van der Waals surface area (Å²) >= 11 is 0. The number of hydrogen-bond acceptors (Lipinski definition) is 4. The number of amides is 1. The van der Waals surface area contributed by atoms with Crippen molar-refractivity contribution < 1.29 is 4.79 Å². The summed E-state index contributed by atoms with van der Waals surface area (Å²) in [5.41, 5.74) is 5.22. The van der Waals surface area contributed by atoms with Crippen LogP contribution in [0.1, 0.15) is 48.1 Å². The van der Waals surface area contributed by atoms with E-state index in [-0.39, 0.29) is 11.9 Å². The highest BCUT2D eigenvalue weighted by molar-refractivity contribution is 6.08. The molecule has 0 aliphatic heterocycles. The van der Waals surface area contributed by atoms with Crippen molar-refractivity contribution in [3.63, 3.8) is 0 Å². The predicted octanol–water partition coefficient (Wildman–Crippen LogP) is 4.01. The van der Waals surface area contributed by atoms with Gasteiger partial charge >= 0.3 is 0 Å². The molecule has 134 valence electrons. The average Bonchev–Trinajstić information content (AvgIpc) is 2.63. The number of carbonyl (C=O) groups is 1. The summed E-state index contributed by atoms with van der Waals surface area (Å²) in [5.74, 6) is 0.697. The van der Waals surface area contributed by atoms with E-state index in [1.165, 1.54) is 0 Å². The zero-order chi connectivity index (χ0) is 18.8. The summed E-state index contributed by atoms with van der Waals surface area (Å²) < 4.78 is 0. The molecule has 5 heteroatoms. The number of fused-ring (bicyclic) bond motifs is 1. The topological polar surface area (TPSA) is 67.8 Å². The van der Waals surface area contributed by atoms with Gasteiger partial charge in [0.25, 0.3) is 5.91 Å². The SMILES string of the molecule is CCc1ncc(-c2cc(C(=O)NC(C)C)c3ccc(C)c(C)c3n2)cn1. The lowest BCUT2D eigenvalue weighted by molar-refractivity contribution is 0.0945. The first kappa shape index (κ1) is 18.0. The van der Waals surface area contributed by atoms with E-state index in [0.29, 0.717) is 11.3 Å². The Morgan fingerprint density at radius 2 is 1.85 bits per heavy atom. The molecule has 0 atom stereocenters. The van der Waals surface area contributed by atoms with Crippen molar-refractivity contribution in [1.82, 2.24) is 20.3 Å². The van der Waals surface area contributed by atoms with Gasteiger partial charge in [0.15, 0.2) is 0 Å². The molecule has 2 aromatic heterocycles. The number of nitrogens with zero attached hydrogens (tertiary/aromatic N) is 3. The highest BCUT2D eigenvalue weighted by Crippen LogP contribution is 2.28. The molecule has 0 radical (unpaired) electrons. The first-order valence-electron chi connectivity index (χ1n) is 8.93. The Kier molecular flexibility index (Phi) is 4.98. The van der Waals surface area contributed by atoms with Crippen LogP contribution >= 0.6 is 0 Å². The van der Waals surface area contributed by atoms with Crippen molar-refractivity contribution in [2.45, 2.75) is 47.1 Å². The molecule has 0 fully saturated rings. The Hall–Kier alpha value is -2.82. The fraction of sp³-hybridized carbons (Fsp3) is 0.333. The second-order valence-electron chi connectivity index (χ2n) is 6.83. The van der Waals surface area contributed by atoms with Gasteiger partial charge < -0.3 is 5.32 Å². The Morgan fingerprint density at radius 3 is 2.46 bits per heavy atom. The van der Waals surface area contributed by atoms with Crippen LogP contribution in [0.15, 0.2) is 30.6 Å². The van der Waals surface area contributed by atoms with E-state index >= 15 is 0 Å². The van der Waals surface area contributed by atoms with Crippen LogP contribution in [0.4, 0.5) is 0 Å². The van der Waals surface area contributed by atoms with E-state index in [1.807, 2.05) is 45.9 Å². The number of pyridine rings is 1. The molecule has 0 unspecified atom stereocenters. The van der Waals surface area contributed by atoms with Crippen molar-refractivity contribution in [3.05, 3.63) is 53.1 Å². The quantitative estimate of drug-likeness (QED) is 0.773. The van der Waals surface area contributed by atoms with Gasteiger partial charge in [0.2, 0.25) is 0 Å². The standard InChI is InChI=1S/C21H24N4O/c1-6-19-22-10-15(11-23-19)18-9-17(21(26)24-12(2)3)16-8-7-13(4)14(5)20(16)25-18/h7-12H,6H2,1-5H3,(H,24,26). The third kappa shape index (κ3) is 3.43. The Labute approximate surface area is 153 Å². The molecule has 3 rings (SSSR count). The molecular formula is C21H24N4O. The smallest absolute Gasteiger partial charge is 0.252 e.